The minimum absolute atomic E-state index is 0.589. The molecule has 0 aliphatic carbocycles. The molecule has 0 amide bonds. The maximum absolute atomic E-state index is 13.1. The fraction of sp³-hybridized carbons (Fsp3) is 0.294. The Morgan fingerprint density at radius 3 is 0.600 bits per heavy atom. The summed E-state index contributed by atoms with van der Waals surface area (Å²) >= 11 is 0. The Labute approximate surface area is 239 Å². The van der Waals surface area contributed by atoms with Gasteiger partial charge in [0.2, 0.25) is 0 Å². The zero-order valence-electron chi connectivity index (χ0n) is 24.9. The largest absolute Gasteiger partial charge is 0.378 e. The van der Waals surface area contributed by atoms with Crippen LogP contribution in [0.2, 0.25) is 0 Å². The van der Waals surface area contributed by atoms with Crippen LogP contribution in [0.4, 0.5) is 22.7 Å². The summed E-state index contributed by atoms with van der Waals surface area (Å²) in [5.41, 5.74) is 2.71. The fourth-order valence-electron chi connectivity index (χ4n) is 5.17. The number of hydrogen-bond donors (Lipinski definition) is 2. The van der Waals surface area contributed by atoms with Gasteiger partial charge < -0.3 is 29.8 Å². The standard InChI is InChI=1S/C34H42N4O2/c1-35(2)29-17-9-25(10-18-29)33(39,26-11-19-30(20-12-26)36(3)4)34(40,27-13-21-31(22-14-27)37(5)6)28-15-23-32(24-16-28)38(7)8/h9-24,39-40H,1-8H3. The van der Waals surface area contributed by atoms with Crippen LogP contribution in [0, 0.1) is 0 Å². The summed E-state index contributed by atoms with van der Waals surface area (Å²) in [6, 6.07) is 31.0. The molecule has 4 aromatic carbocycles. The number of anilines is 4. The second-order valence-electron chi connectivity index (χ2n) is 11.2. The molecule has 0 aromatic heterocycles. The fourth-order valence-corrected chi connectivity index (χ4v) is 5.17. The van der Waals surface area contributed by atoms with E-state index in [4.69, 9.17) is 0 Å². The third-order valence-electron chi connectivity index (χ3n) is 7.73. The lowest BCUT2D eigenvalue weighted by Gasteiger charge is -2.45. The van der Waals surface area contributed by atoms with Crippen LogP contribution >= 0.6 is 0 Å². The molecule has 0 heterocycles. The summed E-state index contributed by atoms with van der Waals surface area (Å²) in [7, 11) is 15.9. The Hall–Kier alpha value is -4.00. The second-order valence-corrected chi connectivity index (χ2v) is 11.2. The molecule has 0 aliphatic rings. The van der Waals surface area contributed by atoms with E-state index in [1.807, 2.05) is 173 Å². The Morgan fingerprint density at radius 2 is 0.475 bits per heavy atom. The van der Waals surface area contributed by atoms with Crippen molar-refractivity contribution in [1.82, 2.24) is 0 Å². The molecule has 0 saturated carbocycles. The molecule has 6 heteroatoms. The molecule has 0 fully saturated rings. The molecule has 0 aliphatic heterocycles. The molecule has 0 radical (unpaired) electrons. The molecular weight excluding hydrogens is 496 g/mol. The van der Waals surface area contributed by atoms with Crippen LogP contribution in [0.15, 0.2) is 97.1 Å². The van der Waals surface area contributed by atoms with Crippen LogP contribution in [-0.4, -0.2) is 66.6 Å². The van der Waals surface area contributed by atoms with Crippen molar-refractivity contribution < 1.29 is 10.2 Å². The number of nitrogens with zero attached hydrogens (tertiary/aromatic N) is 4. The van der Waals surface area contributed by atoms with Crippen molar-refractivity contribution in [3.8, 4) is 0 Å². The van der Waals surface area contributed by atoms with E-state index in [1.165, 1.54) is 0 Å². The highest BCUT2D eigenvalue weighted by atomic mass is 16.4. The molecule has 4 aromatic rings. The van der Waals surface area contributed by atoms with Gasteiger partial charge in [0, 0.05) is 79.1 Å². The first-order valence-corrected chi connectivity index (χ1v) is 13.5. The lowest BCUT2D eigenvalue weighted by atomic mass is 9.66. The quantitative estimate of drug-likeness (QED) is 0.309. The van der Waals surface area contributed by atoms with E-state index in [2.05, 4.69) is 0 Å². The van der Waals surface area contributed by atoms with Gasteiger partial charge in [-0.15, -0.1) is 0 Å². The van der Waals surface area contributed by atoms with Crippen LogP contribution in [0.25, 0.3) is 0 Å². The van der Waals surface area contributed by atoms with Gasteiger partial charge in [0.15, 0.2) is 11.2 Å². The van der Waals surface area contributed by atoms with Crippen molar-refractivity contribution >= 4 is 22.7 Å². The third kappa shape index (κ3) is 5.12. The van der Waals surface area contributed by atoms with Crippen molar-refractivity contribution in [3.05, 3.63) is 119 Å². The topological polar surface area (TPSA) is 53.4 Å². The summed E-state index contributed by atoms with van der Waals surface area (Å²) in [6.45, 7) is 0. The van der Waals surface area contributed by atoms with Gasteiger partial charge in [-0.1, -0.05) is 48.5 Å². The van der Waals surface area contributed by atoms with Gasteiger partial charge >= 0.3 is 0 Å². The van der Waals surface area contributed by atoms with Crippen molar-refractivity contribution in [1.29, 1.82) is 0 Å². The van der Waals surface area contributed by atoms with Crippen LogP contribution in [0.5, 0.6) is 0 Å². The highest BCUT2D eigenvalue weighted by Crippen LogP contribution is 2.50. The van der Waals surface area contributed by atoms with E-state index in [1.54, 1.807) is 0 Å². The molecule has 2 N–H and O–H groups in total. The maximum atomic E-state index is 13.1. The molecule has 40 heavy (non-hydrogen) atoms. The summed E-state index contributed by atoms with van der Waals surface area (Å²) in [5, 5.41) is 26.2. The SMILES string of the molecule is CN(C)c1ccc(C(O)(c2ccc(N(C)C)cc2)C(O)(c2ccc(N(C)C)cc2)c2ccc(N(C)C)cc2)cc1. The normalized spacial score (nSPS) is 11.8. The van der Waals surface area contributed by atoms with Gasteiger partial charge in [0.05, 0.1) is 0 Å². The summed E-state index contributed by atoms with van der Waals surface area (Å²) in [6.07, 6.45) is 0. The number of benzene rings is 4. The van der Waals surface area contributed by atoms with Crippen LogP contribution in [0.3, 0.4) is 0 Å². The van der Waals surface area contributed by atoms with Crippen LogP contribution < -0.4 is 19.6 Å². The van der Waals surface area contributed by atoms with E-state index in [0.29, 0.717) is 22.3 Å². The second kappa shape index (κ2) is 11.2. The van der Waals surface area contributed by atoms with Crippen LogP contribution in [0.1, 0.15) is 22.3 Å². The predicted molar refractivity (Wildman–Crippen MR) is 169 cm³/mol. The highest BCUT2D eigenvalue weighted by molar-refractivity contribution is 5.59. The van der Waals surface area contributed by atoms with Crippen molar-refractivity contribution in [2.45, 2.75) is 11.2 Å². The molecule has 6 nitrogen and oxygen atoms in total. The Bertz CT molecular complexity index is 1180. The highest BCUT2D eigenvalue weighted by Gasteiger charge is 2.54. The summed E-state index contributed by atoms with van der Waals surface area (Å²) in [5.74, 6) is 0. The Morgan fingerprint density at radius 1 is 0.325 bits per heavy atom. The predicted octanol–water partition coefficient (Wildman–Crippen LogP) is 5.12. The maximum Gasteiger partial charge on any atom is 0.152 e. The Kier molecular flexibility index (Phi) is 8.15. The van der Waals surface area contributed by atoms with Gasteiger partial charge in [-0.3, -0.25) is 0 Å². The molecule has 0 bridgehead atoms. The van der Waals surface area contributed by atoms with Gasteiger partial charge in [-0.05, 0) is 70.8 Å². The zero-order valence-corrected chi connectivity index (χ0v) is 24.9. The van der Waals surface area contributed by atoms with Crippen molar-refractivity contribution in [2.75, 3.05) is 76.0 Å². The van der Waals surface area contributed by atoms with E-state index in [-0.39, 0.29) is 0 Å². The Balaban J connectivity index is 2.05. The van der Waals surface area contributed by atoms with Gasteiger partial charge in [0.1, 0.15) is 0 Å². The summed E-state index contributed by atoms with van der Waals surface area (Å²) < 4.78 is 0. The molecule has 4 rings (SSSR count). The van der Waals surface area contributed by atoms with Crippen molar-refractivity contribution in [2.24, 2.45) is 0 Å². The molecule has 210 valence electrons. The van der Waals surface area contributed by atoms with E-state index < -0.39 is 11.2 Å². The third-order valence-corrected chi connectivity index (χ3v) is 7.73. The average molecular weight is 539 g/mol. The first-order chi connectivity index (χ1) is 18.9. The molecule has 0 unspecified atom stereocenters. The molecular formula is C34H42N4O2. The molecule has 0 saturated heterocycles. The summed E-state index contributed by atoms with van der Waals surface area (Å²) in [4.78, 5) is 8.06. The average Bonchev–Trinajstić information content (AvgIpc) is 2.96. The van der Waals surface area contributed by atoms with E-state index in [9.17, 15) is 10.2 Å². The first kappa shape index (κ1) is 29.0. The lowest BCUT2D eigenvalue weighted by Crippen LogP contribution is -2.51. The van der Waals surface area contributed by atoms with Crippen molar-refractivity contribution in [3.63, 3.8) is 0 Å². The van der Waals surface area contributed by atoms with E-state index in [0.717, 1.165) is 22.7 Å². The smallest absolute Gasteiger partial charge is 0.152 e. The van der Waals surface area contributed by atoms with Gasteiger partial charge in [-0.25, -0.2) is 0 Å². The molecule has 0 spiro atoms. The monoisotopic (exact) mass is 538 g/mol. The number of hydrogen-bond acceptors (Lipinski definition) is 6. The van der Waals surface area contributed by atoms with Gasteiger partial charge in [0.25, 0.3) is 0 Å². The molecule has 0 atom stereocenters. The minimum atomic E-state index is -1.83. The minimum Gasteiger partial charge on any atom is -0.378 e. The van der Waals surface area contributed by atoms with Gasteiger partial charge in [-0.2, -0.15) is 0 Å². The zero-order chi connectivity index (χ0) is 29.2. The number of aliphatic hydroxyl groups is 2. The van der Waals surface area contributed by atoms with Crippen LogP contribution in [-0.2, 0) is 11.2 Å². The van der Waals surface area contributed by atoms with E-state index >= 15 is 0 Å². The lowest BCUT2D eigenvalue weighted by molar-refractivity contribution is -0.113. The first-order valence-electron chi connectivity index (χ1n) is 13.5. The number of rotatable bonds is 9.